The lowest BCUT2D eigenvalue weighted by Crippen LogP contribution is -2.46. The number of likely N-dealkylation sites (tertiary alicyclic amines) is 1. The van der Waals surface area contributed by atoms with Crippen molar-refractivity contribution in [1.29, 1.82) is 0 Å². The molecule has 1 aliphatic heterocycles. The average Bonchev–Trinajstić information content (AvgIpc) is 2.84. The Morgan fingerprint density at radius 2 is 2.35 bits per heavy atom. The molecule has 20 heavy (non-hydrogen) atoms. The van der Waals surface area contributed by atoms with Crippen LogP contribution in [-0.2, 0) is 17.8 Å². The summed E-state index contributed by atoms with van der Waals surface area (Å²) in [6, 6.07) is 0.506. The Morgan fingerprint density at radius 3 is 3.05 bits per heavy atom. The Kier molecular flexibility index (Phi) is 5.55. The van der Waals surface area contributed by atoms with Gasteiger partial charge in [-0.2, -0.15) is 0 Å². The fourth-order valence-corrected chi connectivity index (χ4v) is 3.37. The van der Waals surface area contributed by atoms with Gasteiger partial charge < -0.3 is 10.1 Å². The van der Waals surface area contributed by atoms with Gasteiger partial charge in [-0.15, -0.1) is 11.3 Å². The van der Waals surface area contributed by atoms with Crippen LogP contribution in [0.15, 0.2) is 5.38 Å². The molecular weight excluding hydrogens is 270 g/mol. The quantitative estimate of drug-likeness (QED) is 0.876. The van der Waals surface area contributed by atoms with Gasteiger partial charge in [0.25, 0.3) is 0 Å². The average molecular weight is 297 g/mol. The Morgan fingerprint density at radius 1 is 1.55 bits per heavy atom. The first-order valence-electron chi connectivity index (χ1n) is 7.45. The Labute approximate surface area is 126 Å². The molecule has 1 aromatic rings. The maximum absolute atomic E-state index is 5.65. The zero-order valence-corrected chi connectivity index (χ0v) is 13.9. The summed E-state index contributed by atoms with van der Waals surface area (Å²) in [6.07, 6.45) is 2.36. The van der Waals surface area contributed by atoms with Crippen molar-refractivity contribution >= 4 is 11.3 Å². The van der Waals surface area contributed by atoms with E-state index in [1.54, 1.807) is 11.3 Å². The van der Waals surface area contributed by atoms with E-state index in [-0.39, 0.29) is 5.60 Å². The van der Waals surface area contributed by atoms with E-state index < -0.39 is 0 Å². The summed E-state index contributed by atoms with van der Waals surface area (Å²) in [5, 5.41) is 6.79. The smallest absolute Gasteiger partial charge is 0.107 e. The summed E-state index contributed by atoms with van der Waals surface area (Å²) >= 11 is 1.75. The van der Waals surface area contributed by atoms with E-state index in [9.17, 15) is 0 Å². The number of nitrogens with one attached hydrogen (secondary N) is 1. The summed E-state index contributed by atoms with van der Waals surface area (Å²) in [4.78, 5) is 7.18. The fraction of sp³-hybridized carbons (Fsp3) is 0.800. The predicted molar refractivity (Wildman–Crippen MR) is 84.0 cm³/mol. The summed E-state index contributed by atoms with van der Waals surface area (Å²) in [6.45, 7) is 10.5. The second kappa shape index (κ2) is 6.98. The minimum absolute atomic E-state index is 0.0102. The molecule has 2 heterocycles. The lowest BCUT2D eigenvalue weighted by Gasteiger charge is -2.39. The zero-order chi connectivity index (χ0) is 14.6. The SMILES string of the molecule is COC1(C)CCCN(Cc2csc(CNC(C)C)n2)C1. The molecule has 1 saturated heterocycles. The van der Waals surface area contributed by atoms with Crippen LogP contribution in [0, 0.1) is 0 Å². The lowest BCUT2D eigenvalue weighted by molar-refractivity contribution is -0.0529. The third kappa shape index (κ3) is 4.52. The highest BCUT2D eigenvalue weighted by atomic mass is 32.1. The summed E-state index contributed by atoms with van der Waals surface area (Å²) in [5.74, 6) is 0. The van der Waals surface area contributed by atoms with Crippen LogP contribution < -0.4 is 5.32 Å². The second-order valence-electron chi connectivity index (χ2n) is 6.24. The van der Waals surface area contributed by atoms with Crippen molar-refractivity contribution in [1.82, 2.24) is 15.2 Å². The standard InChI is InChI=1S/C15H27N3OS/c1-12(2)16-8-14-17-13(10-20-14)9-18-7-5-6-15(3,11-18)19-4/h10,12,16H,5-9,11H2,1-4H3. The van der Waals surface area contributed by atoms with Crippen LogP contribution in [0.2, 0.25) is 0 Å². The number of piperidine rings is 1. The van der Waals surface area contributed by atoms with Crippen molar-refractivity contribution in [2.75, 3.05) is 20.2 Å². The van der Waals surface area contributed by atoms with Gasteiger partial charge in [0.2, 0.25) is 0 Å². The van der Waals surface area contributed by atoms with Crippen LogP contribution in [-0.4, -0.2) is 41.7 Å². The molecule has 5 heteroatoms. The van der Waals surface area contributed by atoms with Crippen LogP contribution in [0.1, 0.15) is 44.3 Å². The Balaban J connectivity index is 1.87. The van der Waals surface area contributed by atoms with E-state index in [1.165, 1.54) is 17.1 Å². The molecule has 1 atom stereocenters. The Bertz CT molecular complexity index is 421. The lowest BCUT2D eigenvalue weighted by atomic mass is 9.95. The summed E-state index contributed by atoms with van der Waals surface area (Å²) in [7, 11) is 1.82. The van der Waals surface area contributed by atoms with Crippen molar-refractivity contribution in [3.63, 3.8) is 0 Å². The number of aromatic nitrogens is 1. The number of nitrogens with zero attached hydrogens (tertiary/aromatic N) is 2. The number of ether oxygens (including phenoxy) is 1. The third-order valence-corrected chi connectivity index (χ3v) is 4.77. The van der Waals surface area contributed by atoms with Gasteiger partial charge in [-0.05, 0) is 26.3 Å². The normalized spacial score (nSPS) is 24.4. The minimum atomic E-state index is 0.0102. The molecule has 1 unspecified atom stereocenters. The maximum atomic E-state index is 5.65. The molecule has 0 spiro atoms. The highest BCUT2D eigenvalue weighted by Crippen LogP contribution is 2.25. The second-order valence-corrected chi connectivity index (χ2v) is 7.18. The first kappa shape index (κ1) is 15.9. The number of hydrogen-bond acceptors (Lipinski definition) is 5. The van der Waals surface area contributed by atoms with Crippen LogP contribution in [0.4, 0.5) is 0 Å². The van der Waals surface area contributed by atoms with E-state index >= 15 is 0 Å². The molecule has 4 nitrogen and oxygen atoms in total. The van der Waals surface area contributed by atoms with Gasteiger partial charge in [-0.25, -0.2) is 4.98 Å². The summed E-state index contributed by atoms with van der Waals surface area (Å²) < 4.78 is 5.65. The van der Waals surface area contributed by atoms with Gasteiger partial charge in [0, 0.05) is 38.2 Å². The van der Waals surface area contributed by atoms with Gasteiger partial charge in [0.05, 0.1) is 11.3 Å². The van der Waals surface area contributed by atoms with Gasteiger partial charge in [-0.1, -0.05) is 13.8 Å². The number of methoxy groups -OCH3 is 1. The first-order chi connectivity index (χ1) is 9.50. The summed E-state index contributed by atoms with van der Waals surface area (Å²) in [5.41, 5.74) is 1.20. The van der Waals surface area contributed by atoms with Gasteiger partial charge >= 0.3 is 0 Å². The van der Waals surface area contributed by atoms with E-state index in [0.717, 1.165) is 32.6 Å². The van der Waals surface area contributed by atoms with Crippen LogP contribution in [0.3, 0.4) is 0 Å². The minimum Gasteiger partial charge on any atom is -0.377 e. The largest absolute Gasteiger partial charge is 0.377 e. The molecule has 1 aliphatic rings. The molecule has 0 aromatic carbocycles. The van der Waals surface area contributed by atoms with E-state index in [4.69, 9.17) is 9.72 Å². The molecule has 1 N–H and O–H groups in total. The first-order valence-corrected chi connectivity index (χ1v) is 8.33. The van der Waals surface area contributed by atoms with Crippen molar-refractivity contribution in [2.45, 2.75) is 58.3 Å². The molecular formula is C15H27N3OS. The number of thiazole rings is 1. The monoisotopic (exact) mass is 297 g/mol. The van der Waals surface area contributed by atoms with Gasteiger partial charge in [0.1, 0.15) is 5.01 Å². The number of rotatable bonds is 6. The highest BCUT2D eigenvalue weighted by Gasteiger charge is 2.30. The Hall–Kier alpha value is -0.490. The fourth-order valence-electron chi connectivity index (χ4n) is 2.63. The number of hydrogen-bond donors (Lipinski definition) is 1. The van der Waals surface area contributed by atoms with E-state index in [2.05, 4.69) is 36.4 Å². The van der Waals surface area contributed by atoms with Gasteiger partial charge in [-0.3, -0.25) is 4.90 Å². The molecule has 2 rings (SSSR count). The molecule has 0 amide bonds. The molecule has 0 radical (unpaired) electrons. The van der Waals surface area contributed by atoms with Crippen LogP contribution in [0.5, 0.6) is 0 Å². The molecule has 0 bridgehead atoms. The van der Waals surface area contributed by atoms with E-state index in [1.807, 2.05) is 7.11 Å². The van der Waals surface area contributed by atoms with Crippen molar-refractivity contribution < 1.29 is 4.74 Å². The van der Waals surface area contributed by atoms with Crippen molar-refractivity contribution in [3.05, 3.63) is 16.1 Å². The molecule has 1 aromatic heterocycles. The zero-order valence-electron chi connectivity index (χ0n) is 13.1. The molecule has 114 valence electrons. The van der Waals surface area contributed by atoms with Crippen molar-refractivity contribution in [2.24, 2.45) is 0 Å². The van der Waals surface area contributed by atoms with Crippen LogP contribution in [0.25, 0.3) is 0 Å². The molecule has 1 fully saturated rings. The third-order valence-electron chi connectivity index (χ3n) is 3.88. The van der Waals surface area contributed by atoms with Crippen molar-refractivity contribution in [3.8, 4) is 0 Å². The topological polar surface area (TPSA) is 37.4 Å². The predicted octanol–water partition coefficient (Wildman–Crippen LogP) is 2.64. The maximum Gasteiger partial charge on any atom is 0.107 e. The van der Waals surface area contributed by atoms with Crippen LogP contribution >= 0.6 is 11.3 Å². The molecule has 0 saturated carbocycles. The highest BCUT2D eigenvalue weighted by molar-refractivity contribution is 7.09. The van der Waals surface area contributed by atoms with E-state index in [0.29, 0.717) is 6.04 Å². The molecule has 0 aliphatic carbocycles. The van der Waals surface area contributed by atoms with Gasteiger partial charge in [0.15, 0.2) is 0 Å².